The molecule has 0 unspecified atom stereocenters. The van der Waals surface area contributed by atoms with Crippen molar-refractivity contribution in [1.82, 2.24) is 4.98 Å². The van der Waals surface area contributed by atoms with Crippen LogP contribution >= 0.6 is 0 Å². The van der Waals surface area contributed by atoms with Crippen LogP contribution in [0.4, 0.5) is 0 Å². The highest BCUT2D eigenvalue weighted by Crippen LogP contribution is 2.38. The van der Waals surface area contributed by atoms with E-state index in [1.807, 2.05) is 92.7 Å². The fraction of sp³-hybridized carbons (Fsp3) is 0.0741. The van der Waals surface area contributed by atoms with Gasteiger partial charge < -0.3 is 0 Å². The van der Waals surface area contributed by atoms with Crippen LogP contribution in [0.5, 0.6) is 0 Å². The van der Waals surface area contributed by atoms with Gasteiger partial charge in [-0.25, -0.2) is 4.98 Å². The number of nitrogens with zero attached hydrogens (tertiary/aromatic N) is 3. The molecule has 0 fully saturated rings. The summed E-state index contributed by atoms with van der Waals surface area (Å²) in [6.45, 7) is 4.03. The third kappa shape index (κ3) is 3.46. The lowest BCUT2D eigenvalue weighted by Crippen LogP contribution is -2.02. The van der Waals surface area contributed by atoms with Gasteiger partial charge in [0.2, 0.25) is 0 Å². The summed E-state index contributed by atoms with van der Waals surface area (Å²) >= 11 is 0. The quantitative estimate of drug-likeness (QED) is 0.407. The Morgan fingerprint density at radius 1 is 0.600 bits per heavy atom. The van der Waals surface area contributed by atoms with Gasteiger partial charge in [-0.1, -0.05) is 77.9 Å². The van der Waals surface area contributed by atoms with E-state index in [9.17, 15) is 10.5 Å². The first-order valence-electron chi connectivity index (χ1n) is 9.70. The monoisotopic (exact) mass is 385 g/mol. The van der Waals surface area contributed by atoms with Gasteiger partial charge in [-0.05, 0) is 31.5 Å². The Morgan fingerprint density at radius 3 is 1.50 bits per heavy atom. The number of nitriles is 2. The summed E-state index contributed by atoms with van der Waals surface area (Å²) in [6, 6.07) is 30.2. The first-order valence-corrected chi connectivity index (χ1v) is 9.70. The average Bonchev–Trinajstić information content (AvgIpc) is 2.78. The summed E-state index contributed by atoms with van der Waals surface area (Å²) in [7, 11) is 0. The fourth-order valence-electron chi connectivity index (χ4n) is 3.70. The molecule has 142 valence electrons. The molecular formula is C27H19N3. The maximum absolute atomic E-state index is 10.1. The number of pyridine rings is 1. The third-order valence-corrected chi connectivity index (χ3v) is 5.07. The number of hydrogen-bond acceptors (Lipinski definition) is 3. The molecule has 0 saturated carbocycles. The van der Waals surface area contributed by atoms with E-state index in [1.54, 1.807) is 0 Å². The van der Waals surface area contributed by atoms with Crippen LogP contribution in [0.25, 0.3) is 33.6 Å². The van der Waals surface area contributed by atoms with Crippen LogP contribution in [-0.4, -0.2) is 4.98 Å². The Labute approximate surface area is 176 Å². The standard InChI is InChI=1S/C27H19N3/c1-18-8-6-12-21(14-18)26-23(16-28)25(20-10-4-3-5-11-20)24(17-29)27(30-26)22-13-7-9-19(2)15-22/h3-15H,1-2H3. The molecule has 4 rings (SSSR count). The summed E-state index contributed by atoms with van der Waals surface area (Å²) in [4.78, 5) is 4.88. The van der Waals surface area contributed by atoms with E-state index in [1.165, 1.54) is 0 Å². The van der Waals surface area contributed by atoms with Gasteiger partial charge in [0.15, 0.2) is 0 Å². The molecule has 0 aliphatic rings. The van der Waals surface area contributed by atoms with E-state index in [4.69, 9.17) is 4.98 Å². The Balaban J connectivity index is 2.16. The smallest absolute Gasteiger partial charge is 0.102 e. The van der Waals surface area contributed by atoms with Crippen molar-refractivity contribution in [2.75, 3.05) is 0 Å². The topological polar surface area (TPSA) is 60.5 Å². The third-order valence-electron chi connectivity index (χ3n) is 5.07. The number of rotatable bonds is 3. The van der Waals surface area contributed by atoms with Gasteiger partial charge in [0, 0.05) is 16.7 Å². The molecular weight excluding hydrogens is 366 g/mol. The maximum Gasteiger partial charge on any atom is 0.102 e. The van der Waals surface area contributed by atoms with Crippen LogP contribution in [0.2, 0.25) is 0 Å². The highest BCUT2D eigenvalue weighted by atomic mass is 14.7. The predicted octanol–water partition coefficient (Wildman–Crippen LogP) is 6.44. The Morgan fingerprint density at radius 2 is 1.07 bits per heavy atom. The summed E-state index contributed by atoms with van der Waals surface area (Å²) in [6.07, 6.45) is 0. The van der Waals surface area contributed by atoms with Gasteiger partial charge in [0.1, 0.15) is 12.1 Å². The van der Waals surface area contributed by atoms with Gasteiger partial charge in [0.05, 0.1) is 22.5 Å². The SMILES string of the molecule is Cc1cccc(-c2nc(-c3cccc(C)c3)c(C#N)c(-c3ccccc3)c2C#N)c1. The van der Waals surface area contributed by atoms with Crippen molar-refractivity contribution in [1.29, 1.82) is 10.5 Å². The van der Waals surface area contributed by atoms with E-state index in [0.29, 0.717) is 28.1 Å². The van der Waals surface area contributed by atoms with Crippen molar-refractivity contribution in [2.45, 2.75) is 13.8 Å². The van der Waals surface area contributed by atoms with E-state index in [2.05, 4.69) is 12.1 Å². The first kappa shape index (κ1) is 19.1. The van der Waals surface area contributed by atoms with Crippen molar-refractivity contribution < 1.29 is 0 Å². The lowest BCUT2D eigenvalue weighted by atomic mass is 9.89. The minimum atomic E-state index is 0.416. The van der Waals surface area contributed by atoms with Crippen LogP contribution in [0.15, 0.2) is 78.9 Å². The normalized spacial score (nSPS) is 10.3. The second kappa shape index (κ2) is 8.03. The molecule has 30 heavy (non-hydrogen) atoms. The van der Waals surface area contributed by atoms with E-state index < -0.39 is 0 Å². The molecule has 3 aromatic carbocycles. The van der Waals surface area contributed by atoms with Gasteiger partial charge in [-0.2, -0.15) is 10.5 Å². The van der Waals surface area contributed by atoms with Gasteiger partial charge >= 0.3 is 0 Å². The highest BCUT2D eigenvalue weighted by molar-refractivity contribution is 5.89. The molecule has 3 nitrogen and oxygen atoms in total. The van der Waals surface area contributed by atoms with Crippen molar-refractivity contribution in [3.8, 4) is 45.8 Å². The minimum Gasteiger partial charge on any atom is -0.245 e. The van der Waals surface area contributed by atoms with Crippen LogP contribution in [-0.2, 0) is 0 Å². The van der Waals surface area contributed by atoms with Gasteiger partial charge in [-0.3, -0.25) is 0 Å². The zero-order valence-electron chi connectivity index (χ0n) is 16.8. The molecule has 0 aliphatic carbocycles. The number of aromatic nitrogens is 1. The zero-order valence-corrected chi connectivity index (χ0v) is 16.8. The minimum absolute atomic E-state index is 0.416. The maximum atomic E-state index is 10.1. The number of aryl methyl sites for hydroxylation is 2. The molecule has 0 atom stereocenters. The van der Waals surface area contributed by atoms with Crippen molar-refractivity contribution in [3.63, 3.8) is 0 Å². The second-order valence-electron chi connectivity index (χ2n) is 7.26. The molecule has 0 saturated heterocycles. The average molecular weight is 385 g/mol. The summed E-state index contributed by atoms with van der Waals surface area (Å²) in [5.41, 5.74) is 7.37. The number of benzene rings is 3. The molecule has 4 aromatic rings. The number of hydrogen-bond donors (Lipinski definition) is 0. The lowest BCUT2D eigenvalue weighted by Gasteiger charge is -2.16. The molecule has 0 aliphatic heterocycles. The highest BCUT2D eigenvalue weighted by Gasteiger charge is 2.23. The van der Waals surface area contributed by atoms with Crippen LogP contribution in [0, 0.1) is 36.5 Å². The second-order valence-corrected chi connectivity index (χ2v) is 7.26. The molecule has 0 bridgehead atoms. The molecule has 1 heterocycles. The van der Waals surface area contributed by atoms with Crippen molar-refractivity contribution in [3.05, 3.63) is 101 Å². The zero-order chi connectivity index (χ0) is 21.1. The largest absolute Gasteiger partial charge is 0.245 e. The van der Waals surface area contributed by atoms with Crippen LogP contribution in [0.1, 0.15) is 22.3 Å². The predicted molar refractivity (Wildman–Crippen MR) is 119 cm³/mol. The van der Waals surface area contributed by atoms with Gasteiger partial charge in [0.25, 0.3) is 0 Å². The Kier molecular flexibility index (Phi) is 5.12. The van der Waals surface area contributed by atoms with Crippen molar-refractivity contribution in [2.24, 2.45) is 0 Å². The van der Waals surface area contributed by atoms with E-state index in [0.717, 1.165) is 27.8 Å². The van der Waals surface area contributed by atoms with Crippen molar-refractivity contribution >= 4 is 0 Å². The molecule has 3 heteroatoms. The molecule has 0 N–H and O–H groups in total. The van der Waals surface area contributed by atoms with E-state index in [-0.39, 0.29) is 0 Å². The summed E-state index contributed by atoms with van der Waals surface area (Å²) in [5.74, 6) is 0. The molecule has 0 spiro atoms. The molecule has 0 radical (unpaired) electrons. The fourth-order valence-corrected chi connectivity index (χ4v) is 3.70. The van der Waals surface area contributed by atoms with E-state index >= 15 is 0 Å². The summed E-state index contributed by atoms with van der Waals surface area (Å²) < 4.78 is 0. The lowest BCUT2D eigenvalue weighted by molar-refractivity contribution is 1.27. The summed E-state index contributed by atoms with van der Waals surface area (Å²) in [5, 5.41) is 20.2. The Bertz CT molecular complexity index is 1240. The molecule has 1 aromatic heterocycles. The molecule has 0 amide bonds. The van der Waals surface area contributed by atoms with Gasteiger partial charge in [-0.15, -0.1) is 0 Å². The first-order chi connectivity index (χ1) is 14.6. The van der Waals surface area contributed by atoms with Crippen LogP contribution < -0.4 is 0 Å². The Hall–Kier alpha value is -4.21. The van der Waals surface area contributed by atoms with Crippen LogP contribution in [0.3, 0.4) is 0 Å².